The molecule has 0 heterocycles. The third-order valence-corrected chi connectivity index (χ3v) is 6.78. The van der Waals surface area contributed by atoms with Gasteiger partial charge >= 0.3 is 0 Å². The van der Waals surface area contributed by atoms with Crippen LogP contribution in [-0.2, 0) is 10.0 Å². The first-order valence-corrected chi connectivity index (χ1v) is 9.06. The van der Waals surface area contributed by atoms with Gasteiger partial charge in [-0.3, -0.25) is 0 Å². The molecule has 5 heteroatoms. The normalized spacial score (nSPS) is 28.0. The lowest BCUT2D eigenvalue weighted by Crippen LogP contribution is -2.38. The van der Waals surface area contributed by atoms with Crippen molar-refractivity contribution in [3.63, 3.8) is 0 Å². The molecule has 2 fully saturated rings. The van der Waals surface area contributed by atoms with Crippen LogP contribution in [0.2, 0.25) is 0 Å². The van der Waals surface area contributed by atoms with Gasteiger partial charge in [0, 0.05) is 6.04 Å². The lowest BCUT2D eigenvalue weighted by Gasteiger charge is -2.24. The number of aryl methyl sites for hydroxylation is 2. The molecule has 116 valence electrons. The molecule has 2 aliphatic rings. The maximum atomic E-state index is 12.8. The van der Waals surface area contributed by atoms with Gasteiger partial charge in [0.05, 0.1) is 12.0 Å². The molecule has 2 saturated carbocycles. The van der Waals surface area contributed by atoms with E-state index in [9.17, 15) is 8.42 Å². The zero-order valence-electron chi connectivity index (χ0n) is 12.8. The van der Waals surface area contributed by atoms with E-state index in [0.29, 0.717) is 16.6 Å². The number of fused-ring (bicyclic) bond motifs is 2. The van der Waals surface area contributed by atoms with Gasteiger partial charge in [-0.2, -0.15) is 0 Å². The van der Waals surface area contributed by atoms with Crippen molar-refractivity contribution in [3.05, 3.63) is 23.3 Å². The van der Waals surface area contributed by atoms with Gasteiger partial charge in [-0.05, 0) is 68.2 Å². The second-order valence-corrected chi connectivity index (χ2v) is 8.14. The zero-order valence-corrected chi connectivity index (χ0v) is 13.7. The molecule has 3 rings (SSSR count). The molecule has 1 aromatic carbocycles. The topological polar surface area (TPSA) is 55.4 Å². The average molecular weight is 309 g/mol. The fourth-order valence-electron chi connectivity index (χ4n) is 4.10. The van der Waals surface area contributed by atoms with Gasteiger partial charge in [0.2, 0.25) is 10.0 Å². The van der Waals surface area contributed by atoms with E-state index in [-0.39, 0.29) is 6.04 Å². The summed E-state index contributed by atoms with van der Waals surface area (Å²) >= 11 is 0. The van der Waals surface area contributed by atoms with Gasteiger partial charge in [0.15, 0.2) is 0 Å². The summed E-state index contributed by atoms with van der Waals surface area (Å²) in [5.74, 6) is 1.95. The molecule has 3 unspecified atom stereocenters. The van der Waals surface area contributed by atoms with Crippen molar-refractivity contribution in [2.75, 3.05) is 7.11 Å². The molecular formula is C16H23NO3S. The monoisotopic (exact) mass is 309 g/mol. The fourth-order valence-corrected chi connectivity index (χ4v) is 5.87. The van der Waals surface area contributed by atoms with E-state index in [1.807, 2.05) is 13.8 Å². The van der Waals surface area contributed by atoms with Gasteiger partial charge in [-0.25, -0.2) is 13.1 Å². The molecule has 2 aliphatic carbocycles. The maximum absolute atomic E-state index is 12.8. The Morgan fingerprint density at radius 3 is 2.29 bits per heavy atom. The van der Waals surface area contributed by atoms with Gasteiger partial charge in [-0.1, -0.05) is 6.42 Å². The Morgan fingerprint density at radius 1 is 1.14 bits per heavy atom. The molecule has 0 amide bonds. The van der Waals surface area contributed by atoms with Crippen molar-refractivity contribution >= 4 is 10.0 Å². The highest BCUT2D eigenvalue weighted by Gasteiger charge is 2.41. The second-order valence-electron chi connectivity index (χ2n) is 6.49. The highest BCUT2D eigenvalue weighted by atomic mass is 32.2. The zero-order chi connectivity index (χ0) is 15.2. The number of nitrogens with one attached hydrogen (secondary N) is 1. The van der Waals surface area contributed by atoms with E-state index in [1.54, 1.807) is 19.2 Å². The second kappa shape index (κ2) is 5.29. The van der Waals surface area contributed by atoms with E-state index >= 15 is 0 Å². The third-order valence-electron chi connectivity index (χ3n) is 4.98. The first kappa shape index (κ1) is 14.9. The minimum atomic E-state index is -3.46. The van der Waals surface area contributed by atoms with Crippen LogP contribution in [0, 0.1) is 25.7 Å². The molecule has 1 N–H and O–H groups in total. The quantitative estimate of drug-likeness (QED) is 0.930. The molecule has 0 spiro atoms. The number of methoxy groups -OCH3 is 1. The van der Waals surface area contributed by atoms with Crippen LogP contribution in [0.15, 0.2) is 17.0 Å². The first-order valence-electron chi connectivity index (χ1n) is 7.58. The Kier molecular flexibility index (Phi) is 3.74. The Bertz CT molecular complexity index is 630. The summed E-state index contributed by atoms with van der Waals surface area (Å²) in [5.41, 5.74) is 1.48. The lowest BCUT2D eigenvalue weighted by atomic mass is 9.96. The molecular weight excluding hydrogens is 286 g/mol. The first-order chi connectivity index (χ1) is 9.90. The number of hydrogen-bond acceptors (Lipinski definition) is 3. The van der Waals surface area contributed by atoms with Crippen LogP contribution < -0.4 is 9.46 Å². The van der Waals surface area contributed by atoms with Crippen LogP contribution in [0.5, 0.6) is 5.75 Å². The molecule has 0 aromatic heterocycles. The van der Waals surface area contributed by atoms with Gasteiger partial charge < -0.3 is 4.74 Å². The summed E-state index contributed by atoms with van der Waals surface area (Å²) in [7, 11) is -1.86. The lowest BCUT2D eigenvalue weighted by molar-refractivity contribution is 0.390. The van der Waals surface area contributed by atoms with Crippen LogP contribution in [-0.4, -0.2) is 21.6 Å². The van der Waals surface area contributed by atoms with E-state index in [2.05, 4.69) is 4.72 Å². The SMILES string of the molecule is COc1cc(C)c(S(=O)(=O)NC2CC3CCC2C3)c(C)c1. The molecule has 0 saturated heterocycles. The summed E-state index contributed by atoms with van der Waals surface area (Å²) in [5, 5.41) is 0. The Hall–Kier alpha value is -1.07. The van der Waals surface area contributed by atoms with Gasteiger partial charge in [0.1, 0.15) is 5.75 Å². The van der Waals surface area contributed by atoms with Crippen LogP contribution in [0.25, 0.3) is 0 Å². The Morgan fingerprint density at radius 2 is 1.81 bits per heavy atom. The van der Waals surface area contributed by atoms with Crippen molar-refractivity contribution in [1.82, 2.24) is 4.72 Å². The molecule has 21 heavy (non-hydrogen) atoms. The Balaban J connectivity index is 1.88. The van der Waals surface area contributed by atoms with Crippen LogP contribution >= 0.6 is 0 Å². The number of hydrogen-bond donors (Lipinski definition) is 1. The summed E-state index contributed by atoms with van der Waals surface area (Å²) in [6.45, 7) is 3.65. The van der Waals surface area contributed by atoms with Crippen LogP contribution in [0.3, 0.4) is 0 Å². The predicted octanol–water partition coefficient (Wildman–Crippen LogP) is 2.78. The van der Waals surface area contributed by atoms with Crippen molar-refractivity contribution in [1.29, 1.82) is 0 Å². The van der Waals surface area contributed by atoms with E-state index in [1.165, 1.54) is 19.3 Å². The number of ether oxygens (including phenoxy) is 1. The smallest absolute Gasteiger partial charge is 0.241 e. The number of rotatable bonds is 4. The van der Waals surface area contributed by atoms with Gasteiger partial charge in [0.25, 0.3) is 0 Å². The number of benzene rings is 1. The fraction of sp³-hybridized carbons (Fsp3) is 0.625. The van der Waals surface area contributed by atoms with Crippen molar-refractivity contribution in [2.45, 2.75) is 50.5 Å². The molecule has 0 aliphatic heterocycles. The highest BCUT2D eigenvalue weighted by molar-refractivity contribution is 7.89. The molecule has 2 bridgehead atoms. The van der Waals surface area contributed by atoms with E-state index in [0.717, 1.165) is 23.5 Å². The summed E-state index contributed by atoms with van der Waals surface area (Å²) < 4.78 is 33.7. The summed E-state index contributed by atoms with van der Waals surface area (Å²) in [4.78, 5) is 0.408. The van der Waals surface area contributed by atoms with Gasteiger partial charge in [-0.15, -0.1) is 0 Å². The van der Waals surface area contributed by atoms with Crippen LogP contribution in [0.1, 0.15) is 36.8 Å². The molecule has 0 radical (unpaired) electrons. The van der Waals surface area contributed by atoms with Crippen molar-refractivity contribution < 1.29 is 13.2 Å². The largest absolute Gasteiger partial charge is 0.497 e. The molecule has 3 atom stereocenters. The van der Waals surface area contributed by atoms with Crippen molar-refractivity contribution in [2.24, 2.45) is 11.8 Å². The van der Waals surface area contributed by atoms with Crippen molar-refractivity contribution in [3.8, 4) is 5.75 Å². The third kappa shape index (κ3) is 2.69. The highest BCUT2D eigenvalue weighted by Crippen LogP contribution is 2.45. The predicted molar refractivity (Wildman–Crippen MR) is 82.0 cm³/mol. The summed E-state index contributed by atoms with van der Waals surface area (Å²) in [6, 6.07) is 3.68. The minimum absolute atomic E-state index is 0.120. The average Bonchev–Trinajstić information content (AvgIpc) is 2.98. The summed E-state index contributed by atoms with van der Waals surface area (Å²) in [6.07, 6.45) is 4.62. The molecule has 1 aromatic rings. The minimum Gasteiger partial charge on any atom is -0.497 e. The Labute approximate surface area is 126 Å². The van der Waals surface area contributed by atoms with Crippen LogP contribution in [0.4, 0.5) is 0 Å². The van der Waals surface area contributed by atoms with E-state index < -0.39 is 10.0 Å². The number of sulfonamides is 1. The van der Waals surface area contributed by atoms with E-state index in [4.69, 9.17) is 4.74 Å². The maximum Gasteiger partial charge on any atom is 0.241 e. The molecule has 4 nitrogen and oxygen atoms in total. The standard InChI is InChI=1S/C16H23NO3S/c1-10-6-14(20-3)7-11(2)16(10)21(18,19)17-15-9-12-4-5-13(15)8-12/h6-7,12-13,15,17H,4-5,8-9H2,1-3H3.